The van der Waals surface area contributed by atoms with E-state index in [1.807, 2.05) is 19.0 Å². The van der Waals surface area contributed by atoms with Crippen LogP contribution in [0.15, 0.2) is 0 Å². The van der Waals surface area contributed by atoms with Gasteiger partial charge in [0, 0.05) is 19.1 Å². The summed E-state index contributed by atoms with van der Waals surface area (Å²) >= 11 is 0. The zero-order chi connectivity index (χ0) is 17.4. The largest absolute Gasteiger partial charge is 0.465 e. The number of carboxylic acid groups (broad SMARTS) is 1. The van der Waals surface area contributed by atoms with E-state index in [1.54, 1.807) is 13.8 Å². The summed E-state index contributed by atoms with van der Waals surface area (Å²) in [5.74, 6) is 0. The zero-order valence-electron chi connectivity index (χ0n) is 14.2. The number of aliphatic hydroxyl groups is 2. The average Bonchev–Trinajstić information content (AvgIpc) is 2.43. The van der Waals surface area contributed by atoms with Gasteiger partial charge in [-0.25, -0.2) is 4.79 Å². The van der Waals surface area contributed by atoms with Crippen LogP contribution in [0.2, 0.25) is 0 Å². The Morgan fingerprint density at radius 1 is 0.955 bits per heavy atom. The molecule has 0 saturated carbocycles. The maximum absolute atomic E-state index is 10.6. The maximum Gasteiger partial charge on any atom is 0.407 e. The quantitative estimate of drug-likeness (QED) is 0.458. The number of hydrogen-bond donors (Lipinski definition) is 3. The number of hydrogen-bond acceptors (Lipinski definition) is 6. The van der Waals surface area contributed by atoms with Gasteiger partial charge in [0.1, 0.15) is 0 Å². The van der Waals surface area contributed by atoms with E-state index >= 15 is 0 Å². The Balaban J connectivity index is 0. The van der Waals surface area contributed by atoms with Crippen molar-refractivity contribution in [1.29, 1.82) is 0 Å². The smallest absolute Gasteiger partial charge is 0.407 e. The summed E-state index contributed by atoms with van der Waals surface area (Å²) in [5, 5.41) is 25.4. The molecule has 3 N–H and O–H groups in total. The number of carbonyl (C=O) groups is 1. The first-order chi connectivity index (χ1) is 10.4. The lowest BCUT2D eigenvalue weighted by atomic mass is 10.3. The molecule has 1 amide bonds. The van der Waals surface area contributed by atoms with E-state index in [0.717, 1.165) is 6.54 Å². The van der Waals surface area contributed by atoms with E-state index in [-0.39, 0.29) is 25.9 Å². The van der Waals surface area contributed by atoms with Gasteiger partial charge in [-0.1, -0.05) is 0 Å². The van der Waals surface area contributed by atoms with E-state index in [4.69, 9.17) is 24.8 Å². The van der Waals surface area contributed by atoms with Crippen molar-refractivity contribution in [2.75, 3.05) is 66.8 Å². The van der Waals surface area contributed by atoms with Crippen molar-refractivity contribution in [1.82, 2.24) is 9.80 Å². The van der Waals surface area contributed by atoms with Gasteiger partial charge in [-0.3, -0.25) is 0 Å². The van der Waals surface area contributed by atoms with Crippen LogP contribution in [-0.2, 0) is 9.47 Å². The van der Waals surface area contributed by atoms with E-state index in [0.29, 0.717) is 26.4 Å². The Morgan fingerprint density at radius 2 is 1.41 bits per heavy atom. The number of rotatable bonds is 11. The highest BCUT2D eigenvalue weighted by atomic mass is 16.5. The van der Waals surface area contributed by atoms with E-state index in [2.05, 4.69) is 0 Å². The van der Waals surface area contributed by atoms with Crippen molar-refractivity contribution in [3.8, 4) is 0 Å². The summed E-state index contributed by atoms with van der Waals surface area (Å²) in [4.78, 5) is 14.0. The Kier molecular flexibility index (Phi) is 17.4. The third-order valence-corrected chi connectivity index (χ3v) is 2.50. The molecule has 134 valence electrons. The Morgan fingerprint density at radius 3 is 1.73 bits per heavy atom. The number of ether oxygens (including phenoxy) is 2. The van der Waals surface area contributed by atoms with Gasteiger partial charge in [0.15, 0.2) is 0 Å². The molecule has 22 heavy (non-hydrogen) atoms. The third-order valence-electron chi connectivity index (χ3n) is 2.50. The molecule has 8 heteroatoms. The average molecular weight is 324 g/mol. The van der Waals surface area contributed by atoms with Crippen LogP contribution in [0.25, 0.3) is 0 Å². The normalized spacial score (nSPS) is 10.5. The molecule has 0 heterocycles. The topological polar surface area (TPSA) is 103 Å². The minimum absolute atomic E-state index is 0.0330. The minimum atomic E-state index is -0.942. The van der Waals surface area contributed by atoms with Crippen molar-refractivity contribution in [2.24, 2.45) is 0 Å². The summed E-state index contributed by atoms with van der Waals surface area (Å²) in [6.07, 6.45) is -0.942. The fraction of sp³-hybridized carbons (Fsp3) is 0.929. The van der Waals surface area contributed by atoms with Gasteiger partial charge in [0.2, 0.25) is 0 Å². The molecule has 0 bridgehead atoms. The van der Waals surface area contributed by atoms with Crippen LogP contribution in [0.1, 0.15) is 13.8 Å². The minimum Gasteiger partial charge on any atom is -0.465 e. The molecule has 0 aromatic heterocycles. The monoisotopic (exact) mass is 324 g/mol. The summed E-state index contributed by atoms with van der Waals surface area (Å²) in [6, 6.07) is -0.0461. The molecular formula is C14H32N2O6. The molecule has 0 aromatic carbocycles. The van der Waals surface area contributed by atoms with Gasteiger partial charge >= 0.3 is 6.09 Å². The molecule has 0 fully saturated rings. The second-order valence-electron chi connectivity index (χ2n) is 5.04. The lowest BCUT2D eigenvalue weighted by molar-refractivity contribution is 0.0647. The zero-order valence-corrected chi connectivity index (χ0v) is 14.2. The number of likely N-dealkylation sites (N-methyl/N-ethyl adjacent to an activating group) is 1. The van der Waals surface area contributed by atoms with E-state index < -0.39 is 6.09 Å². The highest BCUT2D eigenvalue weighted by Crippen LogP contribution is 1.97. The highest BCUT2D eigenvalue weighted by Gasteiger charge is 2.14. The molecule has 0 saturated heterocycles. The van der Waals surface area contributed by atoms with Crippen molar-refractivity contribution in [3.05, 3.63) is 0 Å². The SMILES string of the molecule is CC(C)N(CCOCCO)C(=O)O.CN(C)CCOCCO. The molecule has 0 rings (SSSR count). The van der Waals surface area contributed by atoms with Crippen LogP contribution >= 0.6 is 0 Å². The third kappa shape index (κ3) is 17.1. The van der Waals surface area contributed by atoms with Gasteiger partial charge in [-0.2, -0.15) is 0 Å². The molecule has 0 aliphatic heterocycles. The molecule has 0 atom stereocenters. The number of nitrogens with zero attached hydrogens (tertiary/aromatic N) is 2. The first-order valence-electron chi connectivity index (χ1n) is 7.38. The predicted molar refractivity (Wildman–Crippen MR) is 84.2 cm³/mol. The summed E-state index contributed by atoms with van der Waals surface area (Å²) in [5.41, 5.74) is 0. The molecule has 0 unspecified atom stereocenters. The van der Waals surface area contributed by atoms with Gasteiger partial charge in [0.05, 0.1) is 39.6 Å². The predicted octanol–water partition coefficient (Wildman–Crippen LogP) is -0.0594. The van der Waals surface area contributed by atoms with Gasteiger partial charge in [-0.15, -0.1) is 0 Å². The molecule has 8 nitrogen and oxygen atoms in total. The fourth-order valence-electron chi connectivity index (χ4n) is 1.32. The number of aliphatic hydroxyl groups excluding tert-OH is 2. The highest BCUT2D eigenvalue weighted by molar-refractivity contribution is 5.65. The Hall–Kier alpha value is -0.930. The van der Waals surface area contributed by atoms with Crippen LogP contribution in [-0.4, -0.2) is 104 Å². The molecule has 0 radical (unpaired) electrons. The fourth-order valence-corrected chi connectivity index (χ4v) is 1.32. The number of amides is 1. The lowest BCUT2D eigenvalue weighted by Gasteiger charge is -2.22. The first-order valence-corrected chi connectivity index (χ1v) is 7.38. The Labute approximate surface area is 133 Å². The van der Waals surface area contributed by atoms with Crippen LogP contribution in [0.5, 0.6) is 0 Å². The second kappa shape index (κ2) is 16.4. The van der Waals surface area contributed by atoms with Crippen LogP contribution < -0.4 is 0 Å². The Bertz CT molecular complexity index is 251. The molecule has 0 aliphatic rings. The van der Waals surface area contributed by atoms with Gasteiger partial charge in [0.25, 0.3) is 0 Å². The van der Waals surface area contributed by atoms with Crippen molar-refractivity contribution in [3.63, 3.8) is 0 Å². The van der Waals surface area contributed by atoms with Crippen molar-refractivity contribution >= 4 is 6.09 Å². The summed E-state index contributed by atoms with van der Waals surface area (Å²) < 4.78 is 9.96. The molecular weight excluding hydrogens is 292 g/mol. The van der Waals surface area contributed by atoms with Crippen LogP contribution in [0.4, 0.5) is 4.79 Å². The first kappa shape index (κ1) is 23.3. The maximum atomic E-state index is 10.6. The molecule has 0 aliphatic carbocycles. The van der Waals surface area contributed by atoms with Gasteiger partial charge < -0.3 is 34.6 Å². The van der Waals surface area contributed by atoms with Crippen LogP contribution in [0.3, 0.4) is 0 Å². The van der Waals surface area contributed by atoms with Crippen LogP contribution in [0, 0.1) is 0 Å². The van der Waals surface area contributed by atoms with Crippen molar-refractivity contribution in [2.45, 2.75) is 19.9 Å². The summed E-state index contributed by atoms with van der Waals surface area (Å²) in [6.45, 7) is 6.69. The lowest BCUT2D eigenvalue weighted by Crippen LogP contribution is -2.38. The van der Waals surface area contributed by atoms with E-state index in [1.165, 1.54) is 4.90 Å². The molecule has 0 spiro atoms. The summed E-state index contributed by atoms with van der Waals surface area (Å²) in [7, 11) is 3.98. The standard InChI is InChI=1S/C8H17NO4.C6H15NO2/c1-7(2)9(8(11)12)3-5-13-6-4-10;1-7(2)3-5-9-6-4-8/h7,10H,3-6H2,1-2H3,(H,11,12);8H,3-6H2,1-2H3. The molecule has 0 aromatic rings. The van der Waals surface area contributed by atoms with Gasteiger partial charge in [-0.05, 0) is 27.9 Å². The van der Waals surface area contributed by atoms with Crippen molar-refractivity contribution < 1.29 is 29.6 Å². The second-order valence-corrected chi connectivity index (χ2v) is 5.04. The van der Waals surface area contributed by atoms with E-state index in [9.17, 15) is 4.79 Å².